The van der Waals surface area contributed by atoms with Crippen molar-refractivity contribution in [2.45, 2.75) is 39.2 Å². The first kappa shape index (κ1) is 14.3. The molecule has 1 heterocycles. The van der Waals surface area contributed by atoms with Gasteiger partial charge in [-0.15, -0.1) is 11.3 Å². The summed E-state index contributed by atoms with van der Waals surface area (Å²) in [6.07, 6.45) is 0. The van der Waals surface area contributed by atoms with Crippen LogP contribution in [0.3, 0.4) is 0 Å². The first-order valence-corrected chi connectivity index (χ1v) is 7.63. The lowest BCUT2D eigenvalue weighted by Gasteiger charge is -2.21. The van der Waals surface area contributed by atoms with Gasteiger partial charge in [0.1, 0.15) is 0 Å². The minimum absolute atomic E-state index is 0.214. The molecule has 0 aliphatic rings. The second-order valence-electron chi connectivity index (χ2n) is 6.03. The van der Waals surface area contributed by atoms with Crippen molar-refractivity contribution < 1.29 is 0 Å². The molecule has 0 amide bonds. The molecule has 19 heavy (non-hydrogen) atoms. The summed E-state index contributed by atoms with van der Waals surface area (Å²) in [7, 11) is 2.03. The first-order chi connectivity index (χ1) is 8.93. The maximum atomic E-state index is 3.43. The molecule has 0 radical (unpaired) electrons. The highest BCUT2D eigenvalue weighted by atomic mass is 32.1. The topological polar surface area (TPSA) is 12.0 Å². The zero-order chi connectivity index (χ0) is 14.0. The van der Waals surface area contributed by atoms with E-state index in [1.165, 1.54) is 21.6 Å². The Morgan fingerprint density at radius 1 is 1.05 bits per heavy atom. The zero-order valence-electron chi connectivity index (χ0n) is 12.4. The zero-order valence-corrected chi connectivity index (χ0v) is 13.3. The lowest BCUT2D eigenvalue weighted by atomic mass is 9.86. The fourth-order valence-electron chi connectivity index (χ4n) is 2.37. The summed E-state index contributed by atoms with van der Waals surface area (Å²) in [5, 5.41) is 5.59. The Hall–Kier alpha value is -1.12. The molecule has 0 saturated carbocycles. The average Bonchev–Trinajstić information content (AvgIpc) is 2.76. The van der Waals surface area contributed by atoms with Gasteiger partial charge in [0.15, 0.2) is 0 Å². The number of benzene rings is 1. The predicted octanol–water partition coefficient (Wildman–Crippen LogP) is 4.66. The smallest absolute Gasteiger partial charge is 0.0585 e. The van der Waals surface area contributed by atoms with E-state index in [2.05, 4.69) is 68.7 Å². The van der Waals surface area contributed by atoms with E-state index >= 15 is 0 Å². The maximum absolute atomic E-state index is 3.43. The van der Waals surface area contributed by atoms with Crippen LogP contribution in [0.5, 0.6) is 0 Å². The third-order valence-electron chi connectivity index (χ3n) is 3.61. The SMILES string of the molecule is CNC(c1ccc(C(C)(C)C)cc1)c1ccsc1C. The number of hydrogen-bond acceptors (Lipinski definition) is 2. The molecule has 2 rings (SSSR count). The minimum atomic E-state index is 0.214. The lowest BCUT2D eigenvalue weighted by molar-refractivity contribution is 0.589. The molecule has 1 aromatic heterocycles. The van der Waals surface area contributed by atoms with E-state index in [4.69, 9.17) is 0 Å². The second-order valence-corrected chi connectivity index (χ2v) is 7.15. The molecule has 102 valence electrons. The molecule has 1 atom stereocenters. The molecule has 0 aliphatic carbocycles. The summed E-state index contributed by atoms with van der Waals surface area (Å²) >= 11 is 1.81. The third-order valence-corrected chi connectivity index (χ3v) is 4.47. The number of aryl methyl sites for hydroxylation is 1. The van der Waals surface area contributed by atoms with Crippen molar-refractivity contribution in [3.8, 4) is 0 Å². The molecule has 0 aliphatic heterocycles. The van der Waals surface area contributed by atoms with Crippen molar-refractivity contribution in [3.63, 3.8) is 0 Å². The molecule has 0 spiro atoms. The van der Waals surface area contributed by atoms with E-state index in [0.717, 1.165) is 0 Å². The quantitative estimate of drug-likeness (QED) is 0.857. The highest BCUT2D eigenvalue weighted by molar-refractivity contribution is 7.10. The Bertz CT molecular complexity index is 531. The molecule has 1 aromatic carbocycles. The summed E-state index contributed by atoms with van der Waals surface area (Å²) in [6, 6.07) is 11.5. The Morgan fingerprint density at radius 2 is 1.68 bits per heavy atom. The van der Waals surface area contributed by atoms with Gasteiger partial charge in [-0.1, -0.05) is 45.0 Å². The molecule has 2 aromatic rings. The van der Waals surface area contributed by atoms with Gasteiger partial charge in [-0.2, -0.15) is 0 Å². The van der Waals surface area contributed by atoms with E-state index in [1.807, 2.05) is 18.4 Å². The van der Waals surface area contributed by atoms with Crippen LogP contribution < -0.4 is 5.32 Å². The van der Waals surface area contributed by atoms with Gasteiger partial charge in [0.05, 0.1) is 6.04 Å². The van der Waals surface area contributed by atoms with Crippen LogP contribution in [0.1, 0.15) is 48.4 Å². The maximum Gasteiger partial charge on any atom is 0.0585 e. The van der Waals surface area contributed by atoms with Crippen LogP contribution in [0.2, 0.25) is 0 Å². The number of thiophene rings is 1. The van der Waals surface area contributed by atoms with Gasteiger partial charge < -0.3 is 5.32 Å². The summed E-state index contributed by atoms with van der Waals surface area (Å²) in [5.74, 6) is 0. The average molecular weight is 273 g/mol. The molecular formula is C17H23NS. The second kappa shape index (κ2) is 5.48. The van der Waals surface area contributed by atoms with Crippen LogP contribution in [0.15, 0.2) is 35.7 Å². The van der Waals surface area contributed by atoms with Crippen molar-refractivity contribution in [1.82, 2.24) is 5.32 Å². The van der Waals surface area contributed by atoms with Crippen molar-refractivity contribution in [2.75, 3.05) is 7.05 Å². The van der Waals surface area contributed by atoms with Crippen LogP contribution in [-0.4, -0.2) is 7.05 Å². The van der Waals surface area contributed by atoms with Crippen molar-refractivity contribution in [3.05, 3.63) is 57.3 Å². The van der Waals surface area contributed by atoms with Crippen LogP contribution in [0, 0.1) is 6.92 Å². The Balaban J connectivity index is 2.33. The van der Waals surface area contributed by atoms with Gasteiger partial charge in [-0.3, -0.25) is 0 Å². The molecule has 0 saturated heterocycles. The Labute approximate surface area is 120 Å². The molecule has 0 fully saturated rings. The van der Waals surface area contributed by atoms with E-state index in [-0.39, 0.29) is 5.41 Å². The Morgan fingerprint density at radius 3 is 2.11 bits per heavy atom. The predicted molar refractivity (Wildman–Crippen MR) is 85.1 cm³/mol. The van der Waals surface area contributed by atoms with Gasteiger partial charge in [0.2, 0.25) is 0 Å². The van der Waals surface area contributed by atoms with E-state index in [9.17, 15) is 0 Å². The van der Waals surface area contributed by atoms with Gasteiger partial charge in [-0.25, -0.2) is 0 Å². The highest BCUT2D eigenvalue weighted by Gasteiger charge is 2.17. The van der Waals surface area contributed by atoms with Crippen molar-refractivity contribution in [2.24, 2.45) is 0 Å². The molecule has 2 heteroatoms. The summed E-state index contributed by atoms with van der Waals surface area (Å²) in [6.45, 7) is 8.94. The normalized spacial score (nSPS) is 13.5. The van der Waals surface area contributed by atoms with E-state index in [1.54, 1.807) is 0 Å². The lowest BCUT2D eigenvalue weighted by Crippen LogP contribution is -2.18. The van der Waals surface area contributed by atoms with Crippen LogP contribution >= 0.6 is 11.3 Å². The molecule has 1 unspecified atom stereocenters. The molecule has 1 N–H and O–H groups in total. The summed E-state index contributed by atoms with van der Waals surface area (Å²) in [5.41, 5.74) is 4.31. The van der Waals surface area contributed by atoms with E-state index in [0.29, 0.717) is 6.04 Å². The molecule has 1 nitrogen and oxygen atoms in total. The van der Waals surface area contributed by atoms with Gasteiger partial charge >= 0.3 is 0 Å². The fourth-order valence-corrected chi connectivity index (χ4v) is 3.11. The Kier molecular flexibility index (Phi) is 4.12. The van der Waals surface area contributed by atoms with Gasteiger partial charge in [-0.05, 0) is 47.5 Å². The molecule has 0 bridgehead atoms. The van der Waals surface area contributed by atoms with Crippen LogP contribution in [-0.2, 0) is 5.41 Å². The molecular weight excluding hydrogens is 250 g/mol. The number of rotatable bonds is 3. The van der Waals surface area contributed by atoms with Crippen molar-refractivity contribution in [1.29, 1.82) is 0 Å². The highest BCUT2D eigenvalue weighted by Crippen LogP contribution is 2.29. The van der Waals surface area contributed by atoms with E-state index < -0.39 is 0 Å². The third kappa shape index (κ3) is 3.07. The van der Waals surface area contributed by atoms with Crippen LogP contribution in [0.25, 0.3) is 0 Å². The largest absolute Gasteiger partial charge is 0.309 e. The first-order valence-electron chi connectivity index (χ1n) is 6.75. The number of nitrogens with one attached hydrogen (secondary N) is 1. The standard InChI is InChI=1S/C17H23NS/c1-12-15(10-11-19-12)16(18-5)13-6-8-14(9-7-13)17(2,3)4/h6-11,16,18H,1-5H3. The van der Waals surface area contributed by atoms with Crippen LogP contribution in [0.4, 0.5) is 0 Å². The van der Waals surface area contributed by atoms with Crippen molar-refractivity contribution >= 4 is 11.3 Å². The monoisotopic (exact) mass is 273 g/mol. The fraction of sp³-hybridized carbons (Fsp3) is 0.412. The van der Waals surface area contributed by atoms with Gasteiger partial charge in [0, 0.05) is 4.88 Å². The van der Waals surface area contributed by atoms with Gasteiger partial charge in [0.25, 0.3) is 0 Å². The summed E-state index contributed by atoms with van der Waals surface area (Å²) < 4.78 is 0. The summed E-state index contributed by atoms with van der Waals surface area (Å²) in [4.78, 5) is 1.39. The number of hydrogen-bond donors (Lipinski definition) is 1. The minimum Gasteiger partial charge on any atom is -0.309 e.